The zero-order valence-electron chi connectivity index (χ0n) is 8.29. The summed E-state index contributed by atoms with van der Waals surface area (Å²) >= 11 is 0. The number of hydrogen-bond acceptors (Lipinski definition) is 2. The van der Waals surface area contributed by atoms with Crippen LogP contribution in [0.4, 0.5) is 18.9 Å². The largest absolute Gasteiger partial charge is 0.471 e. The van der Waals surface area contributed by atoms with Gasteiger partial charge in [0.05, 0.1) is 11.9 Å². The molecule has 7 heteroatoms. The van der Waals surface area contributed by atoms with Gasteiger partial charge in [0.1, 0.15) is 0 Å². The Morgan fingerprint density at radius 1 is 1.56 bits per heavy atom. The van der Waals surface area contributed by atoms with E-state index in [9.17, 15) is 18.0 Å². The van der Waals surface area contributed by atoms with Crippen LogP contribution in [0.25, 0.3) is 0 Å². The lowest BCUT2D eigenvalue weighted by atomic mass is 10.4. The van der Waals surface area contributed by atoms with Crippen molar-refractivity contribution in [1.82, 2.24) is 9.78 Å². The van der Waals surface area contributed by atoms with E-state index in [1.807, 2.05) is 0 Å². The molecule has 1 aliphatic carbocycles. The van der Waals surface area contributed by atoms with Gasteiger partial charge in [0.15, 0.2) is 0 Å². The first-order chi connectivity index (χ1) is 7.45. The second-order valence-corrected chi connectivity index (χ2v) is 3.85. The molecule has 1 aliphatic rings. The van der Waals surface area contributed by atoms with Crippen LogP contribution in [0.2, 0.25) is 0 Å². The highest BCUT2D eigenvalue weighted by molar-refractivity contribution is 5.94. The Morgan fingerprint density at radius 3 is 2.81 bits per heavy atom. The third kappa shape index (κ3) is 2.74. The molecule has 1 amide bonds. The van der Waals surface area contributed by atoms with Gasteiger partial charge in [-0.15, -0.1) is 0 Å². The van der Waals surface area contributed by atoms with Crippen molar-refractivity contribution in [3.8, 4) is 0 Å². The number of carbonyl (C=O) groups excluding carboxylic acids is 1. The number of hydrogen-bond donors (Lipinski definition) is 1. The molecule has 0 bridgehead atoms. The van der Waals surface area contributed by atoms with Crippen molar-refractivity contribution in [3.05, 3.63) is 12.4 Å². The van der Waals surface area contributed by atoms with Crippen molar-refractivity contribution in [2.24, 2.45) is 5.92 Å². The van der Waals surface area contributed by atoms with Crippen LogP contribution in [-0.4, -0.2) is 21.9 Å². The Balaban J connectivity index is 1.94. The van der Waals surface area contributed by atoms with E-state index in [0.717, 1.165) is 12.8 Å². The molecule has 0 saturated heterocycles. The molecular weight excluding hydrogens is 223 g/mol. The molecule has 1 saturated carbocycles. The van der Waals surface area contributed by atoms with Crippen molar-refractivity contribution < 1.29 is 18.0 Å². The topological polar surface area (TPSA) is 46.9 Å². The lowest BCUT2D eigenvalue weighted by Crippen LogP contribution is -2.29. The summed E-state index contributed by atoms with van der Waals surface area (Å²) in [4.78, 5) is 10.6. The highest BCUT2D eigenvalue weighted by Crippen LogP contribution is 2.30. The maximum absolute atomic E-state index is 11.9. The maximum atomic E-state index is 11.9. The molecule has 0 aromatic carbocycles. The highest BCUT2D eigenvalue weighted by atomic mass is 19.4. The third-order valence-electron chi connectivity index (χ3n) is 2.29. The number of nitrogens with one attached hydrogen (secondary N) is 1. The summed E-state index contributed by atoms with van der Waals surface area (Å²) in [5, 5.41) is 5.61. The SMILES string of the molecule is O=C(Nc1cnn(CC2CC2)c1)C(F)(F)F. The molecule has 1 aromatic heterocycles. The molecule has 0 aliphatic heterocycles. The van der Waals surface area contributed by atoms with Crippen LogP contribution in [0.3, 0.4) is 0 Å². The van der Waals surface area contributed by atoms with Gasteiger partial charge in [-0.3, -0.25) is 9.48 Å². The Kier molecular flexibility index (Phi) is 2.61. The summed E-state index contributed by atoms with van der Waals surface area (Å²) in [6, 6.07) is 0. The summed E-state index contributed by atoms with van der Waals surface area (Å²) in [7, 11) is 0. The van der Waals surface area contributed by atoms with E-state index >= 15 is 0 Å². The Bertz CT molecular complexity index is 395. The second-order valence-electron chi connectivity index (χ2n) is 3.85. The molecule has 0 radical (unpaired) electrons. The highest BCUT2D eigenvalue weighted by Gasteiger charge is 2.38. The van der Waals surface area contributed by atoms with Crippen LogP contribution in [0, 0.1) is 5.92 Å². The number of rotatable bonds is 3. The molecule has 1 aromatic rings. The minimum absolute atomic E-state index is 0.0722. The van der Waals surface area contributed by atoms with E-state index in [-0.39, 0.29) is 5.69 Å². The summed E-state index contributed by atoms with van der Waals surface area (Å²) < 4.78 is 37.3. The average molecular weight is 233 g/mol. The van der Waals surface area contributed by atoms with Crippen LogP contribution >= 0.6 is 0 Å². The molecule has 0 atom stereocenters. The van der Waals surface area contributed by atoms with Gasteiger partial charge in [-0.2, -0.15) is 18.3 Å². The fraction of sp³-hybridized carbons (Fsp3) is 0.556. The zero-order chi connectivity index (χ0) is 11.8. The van der Waals surface area contributed by atoms with Gasteiger partial charge in [0.2, 0.25) is 0 Å². The van der Waals surface area contributed by atoms with Gasteiger partial charge < -0.3 is 5.32 Å². The van der Waals surface area contributed by atoms with Gasteiger partial charge in [0.25, 0.3) is 0 Å². The Hall–Kier alpha value is -1.53. The molecule has 16 heavy (non-hydrogen) atoms. The molecule has 88 valence electrons. The predicted molar refractivity (Wildman–Crippen MR) is 49.6 cm³/mol. The van der Waals surface area contributed by atoms with Crippen LogP contribution in [-0.2, 0) is 11.3 Å². The molecule has 1 heterocycles. The second kappa shape index (κ2) is 3.80. The van der Waals surface area contributed by atoms with Crippen LogP contribution < -0.4 is 5.32 Å². The van der Waals surface area contributed by atoms with Gasteiger partial charge in [-0.25, -0.2) is 0 Å². The smallest absolute Gasteiger partial charge is 0.316 e. The molecular formula is C9H10F3N3O. The molecule has 1 N–H and O–H groups in total. The molecule has 1 fully saturated rings. The monoisotopic (exact) mass is 233 g/mol. The minimum Gasteiger partial charge on any atom is -0.316 e. The summed E-state index contributed by atoms with van der Waals surface area (Å²) in [5.74, 6) is -1.40. The first kappa shape index (κ1) is 11.0. The van der Waals surface area contributed by atoms with Crippen LogP contribution in [0.1, 0.15) is 12.8 Å². The van der Waals surface area contributed by atoms with Crippen LogP contribution in [0.5, 0.6) is 0 Å². The standard InChI is InChI=1S/C9H10F3N3O/c10-9(11,12)8(16)14-7-3-13-15(5-7)4-6-1-2-6/h3,5-6H,1-2,4H2,(H,14,16). The lowest BCUT2D eigenvalue weighted by Gasteiger charge is -2.04. The van der Waals surface area contributed by atoms with E-state index in [2.05, 4.69) is 5.10 Å². The fourth-order valence-electron chi connectivity index (χ4n) is 1.29. The van der Waals surface area contributed by atoms with Gasteiger partial charge in [-0.1, -0.05) is 0 Å². The summed E-state index contributed by atoms with van der Waals surface area (Å²) in [5.41, 5.74) is 0.0722. The quantitative estimate of drug-likeness (QED) is 0.865. The number of nitrogens with zero attached hydrogens (tertiary/aromatic N) is 2. The molecule has 2 rings (SSSR count). The van der Waals surface area contributed by atoms with Crippen molar-refractivity contribution in [3.63, 3.8) is 0 Å². The van der Waals surface area contributed by atoms with E-state index in [1.54, 1.807) is 10.00 Å². The van der Waals surface area contributed by atoms with E-state index in [0.29, 0.717) is 12.5 Å². The van der Waals surface area contributed by atoms with Crippen molar-refractivity contribution in [1.29, 1.82) is 0 Å². The zero-order valence-corrected chi connectivity index (χ0v) is 8.29. The first-order valence-corrected chi connectivity index (χ1v) is 4.86. The minimum atomic E-state index is -4.86. The number of carbonyl (C=O) groups is 1. The molecule has 0 spiro atoms. The number of anilines is 1. The Morgan fingerprint density at radius 2 is 2.25 bits per heavy atom. The maximum Gasteiger partial charge on any atom is 0.471 e. The van der Waals surface area contributed by atoms with Crippen molar-refractivity contribution in [2.75, 3.05) is 5.32 Å². The number of halogens is 3. The van der Waals surface area contributed by atoms with Crippen LogP contribution in [0.15, 0.2) is 12.4 Å². The first-order valence-electron chi connectivity index (χ1n) is 4.86. The number of alkyl halides is 3. The van der Waals surface area contributed by atoms with Gasteiger partial charge in [0, 0.05) is 12.7 Å². The summed E-state index contributed by atoms with van der Waals surface area (Å²) in [6.07, 6.45) is 0.0147. The third-order valence-corrected chi connectivity index (χ3v) is 2.29. The number of aromatic nitrogens is 2. The van der Waals surface area contributed by atoms with E-state index < -0.39 is 12.1 Å². The van der Waals surface area contributed by atoms with Gasteiger partial charge in [-0.05, 0) is 18.8 Å². The van der Waals surface area contributed by atoms with Crippen molar-refractivity contribution >= 4 is 11.6 Å². The normalized spacial score (nSPS) is 16.2. The summed E-state index contributed by atoms with van der Waals surface area (Å²) in [6.45, 7) is 0.696. The molecule has 0 unspecified atom stereocenters. The Labute approximate surface area is 89.4 Å². The molecule has 4 nitrogen and oxygen atoms in total. The number of amides is 1. The van der Waals surface area contributed by atoms with E-state index in [4.69, 9.17) is 0 Å². The lowest BCUT2D eigenvalue weighted by molar-refractivity contribution is -0.167. The van der Waals surface area contributed by atoms with Crippen molar-refractivity contribution in [2.45, 2.75) is 25.6 Å². The van der Waals surface area contributed by atoms with Gasteiger partial charge >= 0.3 is 12.1 Å². The van der Waals surface area contributed by atoms with E-state index in [1.165, 1.54) is 12.4 Å². The fourth-order valence-corrected chi connectivity index (χ4v) is 1.29. The average Bonchev–Trinajstić information content (AvgIpc) is 2.85. The predicted octanol–water partition coefficient (Wildman–Crippen LogP) is 1.79.